The average molecular weight is 267 g/mol. The Hall–Kier alpha value is -2.07. The fraction of sp³-hybridized carbons (Fsp3) is 0.0667. The topological polar surface area (TPSA) is 62.2 Å². The summed E-state index contributed by atoms with van der Waals surface area (Å²) in [5.41, 5.74) is 8.47. The fourth-order valence-electron chi connectivity index (χ4n) is 2.11. The van der Waals surface area contributed by atoms with Crippen LogP contribution in [0.25, 0.3) is 0 Å². The minimum atomic E-state index is 0.100. The zero-order chi connectivity index (χ0) is 13.2. The third kappa shape index (κ3) is 2.27. The van der Waals surface area contributed by atoms with Crippen LogP contribution in [-0.4, -0.2) is 12.1 Å². The van der Waals surface area contributed by atoms with Crippen molar-refractivity contribution in [2.24, 2.45) is 10.7 Å². The minimum absolute atomic E-state index is 0.100. The number of hydrogen-bond donors (Lipinski definition) is 2. The normalized spacial score (nSPS) is 16.9. The maximum atomic E-state index is 7.66. The van der Waals surface area contributed by atoms with Gasteiger partial charge in [0, 0.05) is 16.7 Å². The van der Waals surface area contributed by atoms with Crippen LogP contribution in [0, 0.1) is 5.41 Å². The van der Waals surface area contributed by atoms with Crippen LogP contribution in [-0.2, 0) is 0 Å². The van der Waals surface area contributed by atoms with Crippen molar-refractivity contribution < 1.29 is 0 Å². The van der Waals surface area contributed by atoms with Gasteiger partial charge in [-0.1, -0.05) is 36.4 Å². The van der Waals surface area contributed by atoms with Gasteiger partial charge in [0.05, 0.1) is 10.9 Å². The highest BCUT2D eigenvalue weighted by Gasteiger charge is 2.20. The minimum Gasteiger partial charge on any atom is -0.384 e. The van der Waals surface area contributed by atoms with Crippen molar-refractivity contribution in [3.63, 3.8) is 0 Å². The summed E-state index contributed by atoms with van der Waals surface area (Å²) < 4.78 is 0. The Morgan fingerprint density at radius 3 is 2.68 bits per heavy atom. The highest BCUT2D eigenvalue weighted by molar-refractivity contribution is 8.00. The van der Waals surface area contributed by atoms with Gasteiger partial charge in [-0.25, -0.2) is 0 Å². The van der Waals surface area contributed by atoms with Gasteiger partial charge in [-0.2, -0.15) is 0 Å². The van der Waals surface area contributed by atoms with Crippen LogP contribution in [0.5, 0.6) is 0 Å². The Morgan fingerprint density at radius 2 is 1.84 bits per heavy atom. The molecular weight excluding hydrogens is 254 g/mol. The number of thioether (sulfide) groups is 1. The molecule has 4 heteroatoms. The molecule has 94 valence electrons. The van der Waals surface area contributed by atoms with E-state index in [1.54, 1.807) is 11.8 Å². The van der Waals surface area contributed by atoms with Crippen molar-refractivity contribution in [1.29, 1.82) is 5.41 Å². The Morgan fingerprint density at radius 1 is 1.11 bits per heavy atom. The number of nitrogens with two attached hydrogens (primary N) is 1. The van der Waals surface area contributed by atoms with Gasteiger partial charge in [0.2, 0.25) is 0 Å². The van der Waals surface area contributed by atoms with Crippen LogP contribution in [0.15, 0.2) is 58.4 Å². The number of fused-ring (bicyclic) bond motifs is 1. The molecule has 0 aromatic heterocycles. The maximum absolute atomic E-state index is 7.66. The number of aliphatic imine (C=N–C) groups is 1. The van der Waals surface area contributed by atoms with E-state index < -0.39 is 0 Å². The fourth-order valence-corrected chi connectivity index (χ4v) is 3.24. The predicted molar refractivity (Wildman–Crippen MR) is 80.7 cm³/mol. The summed E-state index contributed by atoms with van der Waals surface area (Å²) in [4.78, 5) is 5.65. The molecule has 0 bridgehead atoms. The number of benzene rings is 2. The van der Waals surface area contributed by atoms with Crippen molar-refractivity contribution >= 4 is 29.5 Å². The summed E-state index contributed by atoms with van der Waals surface area (Å²) in [6.07, 6.45) is 1.93. The molecule has 19 heavy (non-hydrogen) atoms. The molecule has 0 spiro atoms. The molecule has 0 amide bonds. The SMILES string of the molecule is N=C(N)c1ccccc1C1C=Nc2ccccc2S1. The highest BCUT2D eigenvalue weighted by Crippen LogP contribution is 2.43. The predicted octanol–water partition coefficient (Wildman–Crippen LogP) is 3.52. The van der Waals surface area contributed by atoms with Gasteiger partial charge in [-0.05, 0) is 17.7 Å². The van der Waals surface area contributed by atoms with E-state index in [1.807, 2.05) is 48.7 Å². The molecule has 1 atom stereocenters. The van der Waals surface area contributed by atoms with Crippen LogP contribution in [0.1, 0.15) is 16.4 Å². The summed E-state index contributed by atoms with van der Waals surface area (Å²) in [6.45, 7) is 0. The smallest absolute Gasteiger partial charge is 0.123 e. The van der Waals surface area contributed by atoms with Crippen molar-refractivity contribution in [2.45, 2.75) is 10.1 Å². The highest BCUT2D eigenvalue weighted by atomic mass is 32.2. The van der Waals surface area contributed by atoms with E-state index in [0.29, 0.717) is 0 Å². The molecule has 3 rings (SSSR count). The standard InChI is InChI=1S/C15H13N3S/c16-15(17)11-6-2-1-5-10(11)14-9-18-12-7-3-4-8-13(12)19-14/h1-9,14H,(H3,16,17). The summed E-state index contributed by atoms with van der Waals surface area (Å²) in [5.74, 6) is 0.100. The van der Waals surface area contributed by atoms with Gasteiger partial charge in [0.1, 0.15) is 5.84 Å². The van der Waals surface area contributed by atoms with Crippen LogP contribution in [0.2, 0.25) is 0 Å². The molecule has 0 saturated carbocycles. The van der Waals surface area contributed by atoms with Crippen LogP contribution < -0.4 is 5.73 Å². The van der Waals surface area contributed by atoms with E-state index in [9.17, 15) is 0 Å². The Kier molecular flexibility index (Phi) is 3.09. The lowest BCUT2D eigenvalue weighted by molar-refractivity contribution is 1.23. The molecule has 0 saturated heterocycles. The van der Waals surface area contributed by atoms with Gasteiger partial charge in [-0.15, -0.1) is 11.8 Å². The molecule has 1 aliphatic heterocycles. The van der Waals surface area contributed by atoms with Gasteiger partial charge >= 0.3 is 0 Å². The van der Waals surface area contributed by atoms with Crippen molar-refractivity contribution in [1.82, 2.24) is 0 Å². The third-order valence-electron chi connectivity index (χ3n) is 3.03. The van der Waals surface area contributed by atoms with E-state index >= 15 is 0 Å². The first-order valence-corrected chi connectivity index (χ1v) is 6.87. The third-order valence-corrected chi connectivity index (χ3v) is 4.25. The second kappa shape index (κ2) is 4.90. The van der Waals surface area contributed by atoms with Crippen molar-refractivity contribution in [3.8, 4) is 0 Å². The van der Waals surface area contributed by atoms with E-state index in [2.05, 4.69) is 11.1 Å². The summed E-state index contributed by atoms with van der Waals surface area (Å²) in [5, 5.41) is 7.77. The number of rotatable bonds is 2. The van der Waals surface area contributed by atoms with Crippen LogP contribution in [0.3, 0.4) is 0 Å². The lowest BCUT2D eigenvalue weighted by Gasteiger charge is -2.20. The molecule has 1 unspecified atom stereocenters. The van der Waals surface area contributed by atoms with Crippen molar-refractivity contribution in [2.75, 3.05) is 0 Å². The molecule has 3 N–H and O–H groups in total. The quantitative estimate of drug-likeness (QED) is 0.646. The lowest BCUT2D eigenvalue weighted by Crippen LogP contribution is -2.15. The van der Waals surface area contributed by atoms with E-state index in [0.717, 1.165) is 21.7 Å². The molecule has 2 aromatic rings. The van der Waals surface area contributed by atoms with Gasteiger partial charge in [-0.3, -0.25) is 10.4 Å². The number of nitrogens with zero attached hydrogens (tertiary/aromatic N) is 1. The largest absolute Gasteiger partial charge is 0.384 e. The summed E-state index contributed by atoms with van der Waals surface area (Å²) >= 11 is 1.74. The number of amidine groups is 1. The Balaban J connectivity index is 2.01. The first kappa shape index (κ1) is 12.0. The lowest BCUT2D eigenvalue weighted by atomic mass is 10.0. The number of hydrogen-bond acceptors (Lipinski definition) is 3. The van der Waals surface area contributed by atoms with Crippen LogP contribution in [0.4, 0.5) is 5.69 Å². The zero-order valence-electron chi connectivity index (χ0n) is 10.2. The monoisotopic (exact) mass is 267 g/mol. The second-order valence-corrected chi connectivity index (χ2v) is 5.47. The molecule has 2 aromatic carbocycles. The summed E-state index contributed by atoms with van der Waals surface area (Å²) in [7, 11) is 0. The molecule has 1 aliphatic rings. The number of nitrogens with one attached hydrogen (secondary N) is 1. The molecule has 0 radical (unpaired) electrons. The van der Waals surface area contributed by atoms with Crippen molar-refractivity contribution in [3.05, 3.63) is 59.7 Å². The van der Waals surface area contributed by atoms with Gasteiger partial charge < -0.3 is 5.73 Å². The molecule has 1 heterocycles. The maximum Gasteiger partial charge on any atom is 0.123 e. The van der Waals surface area contributed by atoms with E-state index in [4.69, 9.17) is 11.1 Å². The number of nitrogen functional groups attached to an aromatic ring is 1. The Bertz CT molecular complexity index is 664. The van der Waals surface area contributed by atoms with Crippen LogP contribution >= 0.6 is 11.8 Å². The molecule has 3 nitrogen and oxygen atoms in total. The first-order valence-electron chi connectivity index (χ1n) is 5.99. The zero-order valence-corrected chi connectivity index (χ0v) is 11.0. The second-order valence-electron chi connectivity index (χ2n) is 4.29. The van der Waals surface area contributed by atoms with E-state index in [1.165, 1.54) is 0 Å². The molecule has 0 aliphatic carbocycles. The molecule has 0 fully saturated rings. The number of para-hydroxylation sites is 1. The van der Waals surface area contributed by atoms with Gasteiger partial charge in [0.15, 0.2) is 0 Å². The average Bonchev–Trinajstić information content (AvgIpc) is 2.46. The Labute approximate surface area is 116 Å². The first-order chi connectivity index (χ1) is 9.25. The summed E-state index contributed by atoms with van der Waals surface area (Å²) in [6, 6.07) is 15.8. The van der Waals surface area contributed by atoms with E-state index in [-0.39, 0.29) is 11.1 Å². The molecular formula is C15H13N3S. The van der Waals surface area contributed by atoms with Gasteiger partial charge in [0.25, 0.3) is 0 Å².